The number of rotatable bonds is 3. The van der Waals surface area contributed by atoms with Crippen molar-refractivity contribution in [1.29, 1.82) is 0 Å². The standard InChI is InChI=1S/C19H19ClN2O3/c1-11-9-17(21-15-6-4-14(20)5-7-15)16-10-13(19(24)25)3-8-18(16)22(11)12(2)23/h3-8,10-11,17,21H,9H2,1-2H3,(H,24,25). The third-order valence-corrected chi connectivity index (χ3v) is 4.70. The second-order valence-corrected chi connectivity index (χ2v) is 6.69. The molecule has 1 aliphatic rings. The van der Waals surface area contributed by atoms with Crippen molar-refractivity contribution >= 4 is 34.9 Å². The summed E-state index contributed by atoms with van der Waals surface area (Å²) < 4.78 is 0. The number of anilines is 2. The third kappa shape index (κ3) is 3.46. The lowest BCUT2D eigenvalue weighted by molar-refractivity contribution is -0.117. The Morgan fingerprint density at radius 1 is 1.20 bits per heavy atom. The van der Waals surface area contributed by atoms with Gasteiger partial charge in [0.1, 0.15) is 0 Å². The fourth-order valence-electron chi connectivity index (χ4n) is 3.36. The van der Waals surface area contributed by atoms with Gasteiger partial charge in [0.05, 0.1) is 11.6 Å². The Morgan fingerprint density at radius 2 is 1.88 bits per heavy atom. The molecule has 2 N–H and O–H groups in total. The van der Waals surface area contributed by atoms with E-state index >= 15 is 0 Å². The minimum Gasteiger partial charge on any atom is -0.478 e. The van der Waals surface area contributed by atoms with E-state index in [-0.39, 0.29) is 23.6 Å². The van der Waals surface area contributed by atoms with Gasteiger partial charge in [0.25, 0.3) is 0 Å². The minimum absolute atomic E-state index is 0.00507. The number of aromatic carboxylic acids is 1. The van der Waals surface area contributed by atoms with E-state index in [2.05, 4.69) is 5.32 Å². The maximum absolute atomic E-state index is 12.1. The summed E-state index contributed by atoms with van der Waals surface area (Å²) in [7, 11) is 0. The first-order valence-corrected chi connectivity index (χ1v) is 8.43. The van der Waals surface area contributed by atoms with E-state index in [0.29, 0.717) is 11.4 Å². The van der Waals surface area contributed by atoms with E-state index in [9.17, 15) is 14.7 Å². The lowest BCUT2D eigenvalue weighted by Crippen LogP contribution is -2.43. The predicted molar refractivity (Wildman–Crippen MR) is 98.5 cm³/mol. The fraction of sp³-hybridized carbons (Fsp3) is 0.263. The highest BCUT2D eigenvalue weighted by Crippen LogP contribution is 2.39. The number of carboxylic acids is 1. The molecule has 2 aromatic rings. The predicted octanol–water partition coefficient (Wildman–Crippen LogP) is 4.34. The molecule has 0 spiro atoms. The van der Waals surface area contributed by atoms with Gasteiger partial charge in [-0.1, -0.05) is 11.6 Å². The Hall–Kier alpha value is -2.53. The number of carboxylic acid groups (broad SMARTS) is 1. The van der Waals surface area contributed by atoms with E-state index in [1.165, 1.54) is 13.0 Å². The van der Waals surface area contributed by atoms with Crippen LogP contribution in [-0.4, -0.2) is 23.0 Å². The van der Waals surface area contributed by atoms with Gasteiger partial charge < -0.3 is 15.3 Å². The Kier molecular flexibility index (Phi) is 4.68. The van der Waals surface area contributed by atoms with E-state index in [1.807, 2.05) is 19.1 Å². The summed E-state index contributed by atoms with van der Waals surface area (Å²) in [6.45, 7) is 3.52. The SMILES string of the molecule is CC(=O)N1c2ccc(C(=O)O)cc2C(Nc2ccc(Cl)cc2)CC1C. The number of amides is 1. The molecule has 6 heteroatoms. The van der Waals surface area contributed by atoms with Gasteiger partial charge in [0, 0.05) is 29.4 Å². The number of hydrogen-bond donors (Lipinski definition) is 2. The van der Waals surface area contributed by atoms with Crippen LogP contribution in [0.3, 0.4) is 0 Å². The Labute approximate surface area is 151 Å². The first-order valence-electron chi connectivity index (χ1n) is 8.06. The maximum Gasteiger partial charge on any atom is 0.335 e. The molecule has 0 fully saturated rings. The van der Waals surface area contributed by atoms with Crippen molar-refractivity contribution in [3.05, 3.63) is 58.6 Å². The van der Waals surface area contributed by atoms with Crippen molar-refractivity contribution in [1.82, 2.24) is 0 Å². The van der Waals surface area contributed by atoms with E-state index in [4.69, 9.17) is 11.6 Å². The molecule has 1 amide bonds. The Morgan fingerprint density at radius 3 is 2.48 bits per heavy atom. The van der Waals surface area contributed by atoms with Crippen LogP contribution in [0.4, 0.5) is 11.4 Å². The van der Waals surface area contributed by atoms with Crippen molar-refractivity contribution in [3.8, 4) is 0 Å². The highest BCUT2D eigenvalue weighted by molar-refractivity contribution is 6.30. The molecule has 1 aliphatic heterocycles. The van der Waals surface area contributed by atoms with Crippen molar-refractivity contribution in [2.45, 2.75) is 32.4 Å². The normalized spacial score (nSPS) is 19.2. The van der Waals surface area contributed by atoms with Gasteiger partial charge in [-0.25, -0.2) is 4.79 Å². The lowest BCUT2D eigenvalue weighted by Gasteiger charge is -2.39. The van der Waals surface area contributed by atoms with Gasteiger partial charge in [-0.05, 0) is 61.4 Å². The number of nitrogens with one attached hydrogen (secondary N) is 1. The zero-order valence-corrected chi connectivity index (χ0v) is 14.7. The molecule has 1 heterocycles. The van der Waals surface area contributed by atoms with Gasteiger partial charge in [-0.15, -0.1) is 0 Å². The van der Waals surface area contributed by atoms with Crippen LogP contribution >= 0.6 is 11.6 Å². The first-order chi connectivity index (χ1) is 11.9. The van der Waals surface area contributed by atoms with Crippen molar-refractivity contribution < 1.29 is 14.7 Å². The van der Waals surface area contributed by atoms with Crippen LogP contribution in [0.25, 0.3) is 0 Å². The smallest absolute Gasteiger partial charge is 0.335 e. The van der Waals surface area contributed by atoms with Crippen LogP contribution in [0, 0.1) is 0 Å². The zero-order valence-electron chi connectivity index (χ0n) is 14.0. The molecule has 0 radical (unpaired) electrons. The van der Waals surface area contributed by atoms with Crippen molar-refractivity contribution in [3.63, 3.8) is 0 Å². The zero-order chi connectivity index (χ0) is 18.1. The van der Waals surface area contributed by atoms with Crippen LogP contribution in [0.1, 0.15) is 42.2 Å². The quantitative estimate of drug-likeness (QED) is 0.856. The molecule has 0 saturated heterocycles. The van der Waals surface area contributed by atoms with E-state index < -0.39 is 5.97 Å². The summed E-state index contributed by atoms with van der Waals surface area (Å²) >= 11 is 5.93. The van der Waals surface area contributed by atoms with Crippen LogP contribution < -0.4 is 10.2 Å². The molecule has 25 heavy (non-hydrogen) atoms. The molecule has 0 aliphatic carbocycles. The number of halogens is 1. The fourth-order valence-corrected chi connectivity index (χ4v) is 3.49. The highest BCUT2D eigenvalue weighted by Gasteiger charge is 2.33. The largest absolute Gasteiger partial charge is 0.478 e. The summed E-state index contributed by atoms with van der Waals surface area (Å²) in [6.07, 6.45) is 0.679. The summed E-state index contributed by atoms with van der Waals surface area (Å²) in [5.74, 6) is -1.04. The second kappa shape index (κ2) is 6.76. The highest BCUT2D eigenvalue weighted by atomic mass is 35.5. The molecular weight excluding hydrogens is 340 g/mol. The third-order valence-electron chi connectivity index (χ3n) is 4.45. The summed E-state index contributed by atoms with van der Waals surface area (Å²) in [6, 6.07) is 12.2. The van der Waals surface area contributed by atoms with Gasteiger partial charge in [-0.3, -0.25) is 4.79 Å². The van der Waals surface area contributed by atoms with Crippen LogP contribution in [0.15, 0.2) is 42.5 Å². The number of carbonyl (C=O) groups is 2. The van der Waals surface area contributed by atoms with E-state index in [0.717, 1.165) is 16.9 Å². The molecule has 2 aromatic carbocycles. The van der Waals surface area contributed by atoms with Gasteiger partial charge in [-0.2, -0.15) is 0 Å². The summed E-state index contributed by atoms with van der Waals surface area (Å²) in [4.78, 5) is 25.1. The maximum atomic E-state index is 12.1. The number of carbonyl (C=O) groups excluding carboxylic acids is 1. The molecule has 3 rings (SSSR count). The van der Waals surface area contributed by atoms with Gasteiger partial charge in [0.2, 0.25) is 5.91 Å². The van der Waals surface area contributed by atoms with Crippen LogP contribution in [-0.2, 0) is 4.79 Å². The lowest BCUT2D eigenvalue weighted by atomic mass is 9.90. The summed E-state index contributed by atoms with van der Waals surface area (Å²) in [5, 5.41) is 13.4. The minimum atomic E-state index is -0.985. The molecule has 130 valence electrons. The van der Waals surface area contributed by atoms with Crippen molar-refractivity contribution in [2.75, 3.05) is 10.2 Å². The van der Waals surface area contributed by atoms with Crippen LogP contribution in [0.5, 0.6) is 0 Å². The van der Waals surface area contributed by atoms with Gasteiger partial charge in [0.15, 0.2) is 0 Å². The first kappa shape index (κ1) is 17.3. The number of nitrogens with zero attached hydrogens (tertiary/aromatic N) is 1. The molecule has 5 nitrogen and oxygen atoms in total. The number of fused-ring (bicyclic) bond motifs is 1. The number of hydrogen-bond acceptors (Lipinski definition) is 3. The monoisotopic (exact) mass is 358 g/mol. The van der Waals surface area contributed by atoms with Gasteiger partial charge >= 0.3 is 5.97 Å². The average Bonchev–Trinajstić information content (AvgIpc) is 2.56. The van der Waals surface area contributed by atoms with Crippen LogP contribution in [0.2, 0.25) is 5.02 Å². The van der Waals surface area contributed by atoms with E-state index in [1.54, 1.807) is 29.2 Å². The second-order valence-electron chi connectivity index (χ2n) is 6.26. The Balaban J connectivity index is 2.03. The Bertz CT molecular complexity index is 820. The van der Waals surface area contributed by atoms with Crippen molar-refractivity contribution in [2.24, 2.45) is 0 Å². The average molecular weight is 359 g/mol. The molecule has 2 atom stereocenters. The number of benzene rings is 2. The summed E-state index contributed by atoms with van der Waals surface area (Å²) in [5.41, 5.74) is 2.66. The molecule has 0 aromatic heterocycles. The molecular formula is C19H19ClN2O3. The topological polar surface area (TPSA) is 69.6 Å². The molecule has 0 saturated carbocycles. The molecule has 2 unspecified atom stereocenters. The molecule has 0 bridgehead atoms.